The highest BCUT2D eigenvalue weighted by molar-refractivity contribution is 5.67. The van der Waals surface area contributed by atoms with Gasteiger partial charge in [0.05, 0.1) is 0 Å². The molecule has 0 aromatic carbocycles. The highest BCUT2D eigenvalue weighted by atomic mass is 16.6. The molecule has 18 heavy (non-hydrogen) atoms. The van der Waals surface area contributed by atoms with E-state index in [1.54, 1.807) is 6.92 Å². The zero-order valence-corrected chi connectivity index (χ0v) is 11.8. The van der Waals surface area contributed by atoms with Crippen LogP contribution in [0.15, 0.2) is 0 Å². The molecule has 1 fully saturated rings. The van der Waals surface area contributed by atoms with Crippen molar-refractivity contribution in [3.8, 4) is 0 Å². The fourth-order valence-electron chi connectivity index (χ4n) is 2.11. The van der Waals surface area contributed by atoms with Crippen LogP contribution in [0.4, 0.5) is 4.79 Å². The van der Waals surface area contributed by atoms with Gasteiger partial charge in [-0.15, -0.1) is 0 Å². The van der Waals surface area contributed by atoms with Crippen LogP contribution in [0.3, 0.4) is 0 Å². The van der Waals surface area contributed by atoms with Crippen LogP contribution < -0.4 is 11.1 Å². The lowest BCUT2D eigenvalue weighted by molar-refractivity contribution is 0.101. The molecule has 1 aliphatic heterocycles. The van der Waals surface area contributed by atoms with Crippen LogP contribution in [0, 0.1) is 5.92 Å². The van der Waals surface area contributed by atoms with Crippen molar-refractivity contribution in [3.05, 3.63) is 0 Å². The van der Waals surface area contributed by atoms with Crippen LogP contribution in [0.1, 0.15) is 40.0 Å². The summed E-state index contributed by atoms with van der Waals surface area (Å²) < 4.78 is 4.87. The van der Waals surface area contributed by atoms with Gasteiger partial charge in [0.25, 0.3) is 0 Å². The molecule has 0 saturated carbocycles. The number of amides is 1. The molecule has 1 unspecified atom stereocenters. The monoisotopic (exact) mass is 257 g/mol. The van der Waals surface area contributed by atoms with E-state index in [1.807, 2.05) is 0 Å². The fraction of sp³-hybridized carbons (Fsp3) is 0.923. The standard InChI is InChI=1S/C13H27N3O2/c1-10(2)4-7-16-8-5-12(6-9-16)15-13(17)18-11(3)14/h10-12H,4-9,14H2,1-3H3,(H,15,17). The van der Waals surface area contributed by atoms with Crippen molar-refractivity contribution in [2.75, 3.05) is 19.6 Å². The number of ether oxygens (including phenoxy) is 1. The molecule has 0 aromatic rings. The number of hydrogen-bond acceptors (Lipinski definition) is 4. The quantitative estimate of drug-likeness (QED) is 0.733. The Morgan fingerprint density at radius 3 is 2.50 bits per heavy atom. The van der Waals surface area contributed by atoms with Gasteiger partial charge in [-0.2, -0.15) is 0 Å². The summed E-state index contributed by atoms with van der Waals surface area (Å²) in [4.78, 5) is 13.9. The summed E-state index contributed by atoms with van der Waals surface area (Å²) >= 11 is 0. The minimum Gasteiger partial charge on any atom is -0.431 e. The second-order valence-electron chi connectivity index (χ2n) is 5.55. The van der Waals surface area contributed by atoms with Crippen molar-refractivity contribution >= 4 is 6.09 Å². The Bertz CT molecular complexity index is 249. The Morgan fingerprint density at radius 1 is 1.39 bits per heavy atom. The molecule has 106 valence electrons. The van der Waals surface area contributed by atoms with Gasteiger partial charge in [0, 0.05) is 19.1 Å². The van der Waals surface area contributed by atoms with Crippen molar-refractivity contribution in [2.45, 2.75) is 52.3 Å². The fourth-order valence-corrected chi connectivity index (χ4v) is 2.11. The van der Waals surface area contributed by atoms with E-state index in [2.05, 4.69) is 24.1 Å². The van der Waals surface area contributed by atoms with Gasteiger partial charge in [0.2, 0.25) is 0 Å². The second-order valence-corrected chi connectivity index (χ2v) is 5.55. The Labute approximate surface area is 110 Å². The topological polar surface area (TPSA) is 67.6 Å². The lowest BCUT2D eigenvalue weighted by Crippen LogP contribution is -2.46. The van der Waals surface area contributed by atoms with E-state index in [1.165, 1.54) is 6.42 Å². The normalized spacial score (nSPS) is 19.8. The molecular weight excluding hydrogens is 230 g/mol. The van der Waals surface area contributed by atoms with Gasteiger partial charge < -0.3 is 15.0 Å². The average molecular weight is 257 g/mol. The minimum atomic E-state index is -0.545. The van der Waals surface area contributed by atoms with Crippen LogP contribution in [-0.2, 0) is 4.74 Å². The Kier molecular flexibility index (Phi) is 6.43. The molecule has 1 aliphatic rings. The third-order valence-corrected chi connectivity index (χ3v) is 3.23. The van der Waals surface area contributed by atoms with E-state index in [-0.39, 0.29) is 6.04 Å². The molecule has 0 bridgehead atoms. The highest BCUT2D eigenvalue weighted by Gasteiger charge is 2.21. The van der Waals surface area contributed by atoms with Gasteiger partial charge in [0.1, 0.15) is 6.23 Å². The van der Waals surface area contributed by atoms with Gasteiger partial charge >= 0.3 is 6.09 Å². The summed E-state index contributed by atoms with van der Waals surface area (Å²) in [5.74, 6) is 0.752. The number of likely N-dealkylation sites (tertiary alicyclic amines) is 1. The van der Waals surface area contributed by atoms with Crippen LogP contribution in [-0.4, -0.2) is 42.9 Å². The van der Waals surface area contributed by atoms with Crippen LogP contribution in [0.5, 0.6) is 0 Å². The van der Waals surface area contributed by atoms with Gasteiger partial charge in [-0.3, -0.25) is 5.73 Å². The van der Waals surface area contributed by atoms with E-state index in [4.69, 9.17) is 10.5 Å². The zero-order valence-electron chi connectivity index (χ0n) is 11.8. The summed E-state index contributed by atoms with van der Waals surface area (Å²) in [5.41, 5.74) is 5.40. The number of nitrogens with one attached hydrogen (secondary N) is 1. The maximum Gasteiger partial charge on any atom is 0.408 e. The maximum absolute atomic E-state index is 11.4. The molecule has 0 aliphatic carbocycles. The number of carbonyl (C=O) groups is 1. The molecule has 1 saturated heterocycles. The predicted molar refractivity (Wildman–Crippen MR) is 72.2 cm³/mol. The van der Waals surface area contributed by atoms with E-state index >= 15 is 0 Å². The predicted octanol–water partition coefficient (Wildman–Crippen LogP) is 1.53. The summed E-state index contributed by atoms with van der Waals surface area (Å²) in [6.07, 6.45) is 2.28. The Hall–Kier alpha value is -0.810. The van der Waals surface area contributed by atoms with Crippen molar-refractivity contribution in [3.63, 3.8) is 0 Å². The molecular formula is C13H27N3O2. The summed E-state index contributed by atoms with van der Waals surface area (Å²) in [6, 6.07) is 0.228. The Balaban J connectivity index is 2.17. The summed E-state index contributed by atoms with van der Waals surface area (Å²) in [7, 11) is 0. The zero-order chi connectivity index (χ0) is 13.5. The lowest BCUT2D eigenvalue weighted by Gasteiger charge is -2.32. The minimum absolute atomic E-state index is 0.228. The largest absolute Gasteiger partial charge is 0.431 e. The second kappa shape index (κ2) is 7.59. The van der Waals surface area contributed by atoms with Crippen LogP contribution in [0.25, 0.3) is 0 Å². The summed E-state index contributed by atoms with van der Waals surface area (Å²) in [5, 5.41) is 2.87. The highest BCUT2D eigenvalue weighted by Crippen LogP contribution is 2.12. The van der Waals surface area contributed by atoms with Gasteiger partial charge in [-0.25, -0.2) is 4.79 Å². The molecule has 0 radical (unpaired) electrons. The van der Waals surface area contributed by atoms with Gasteiger partial charge in [0.15, 0.2) is 0 Å². The third kappa shape index (κ3) is 6.21. The van der Waals surface area contributed by atoms with Crippen molar-refractivity contribution in [1.82, 2.24) is 10.2 Å². The molecule has 5 heteroatoms. The first-order chi connectivity index (χ1) is 8.47. The first kappa shape index (κ1) is 15.2. The molecule has 0 aromatic heterocycles. The molecule has 0 spiro atoms. The molecule has 3 N–H and O–H groups in total. The maximum atomic E-state index is 11.4. The number of nitrogens with zero attached hydrogens (tertiary/aromatic N) is 1. The molecule has 1 rings (SSSR count). The van der Waals surface area contributed by atoms with Gasteiger partial charge in [-0.05, 0) is 38.6 Å². The lowest BCUT2D eigenvalue weighted by atomic mass is 10.0. The van der Waals surface area contributed by atoms with E-state index < -0.39 is 12.3 Å². The third-order valence-electron chi connectivity index (χ3n) is 3.23. The molecule has 5 nitrogen and oxygen atoms in total. The smallest absolute Gasteiger partial charge is 0.408 e. The average Bonchev–Trinajstić information content (AvgIpc) is 2.26. The first-order valence-corrected chi connectivity index (χ1v) is 6.92. The van der Waals surface area contributed by atoms with Crippen LogP contribution >= 0.6 is 0 Å². The van der Waals surface area contributed by atoms with E-state index in [9.17, 15) is 4.79 Å². The first-order valence-electron chi connectivity index (χ1n) is 6.92. The number of carbonyl (C=O) groups excluding carboxylic acids is 1. The Morgan fingerprint density at radius 2 is 2.00 bits per heavy atom. The molecule has 1 amide bonds. The number of hydrogen-bond donors (Lipinski definition) is 2. The number of piperidine rings is 1. The van der Waals surface area contributed by atoms with Crippen molar-refractivity contribution in [2.24, 2.45) is 11.7 Å². The molecule has 1 heterocycles. The van der Waals surface area contributed by atoms with Crippen molar-refractivity contribution < 1.29 is 9.53 Å². The number of nitrogens with two attached hydrogens (primary N) is 1. The molecule has 1 atom stereocenters. The SMILES string of the molecule is CC(C)CCN1CCC(NC(=O)OC(C)N)CC1. The number of alkyl carbamates (subject to hydrolysis) is 1. The van der Waals surface area contributed by atoms with Gasteiger partial charge in [-0.1, -0.05) is 13.8 Å². The van der Waals surface area contributed by atoms with E-state index in [0.717, 1.165) is 38.4 Å². The summed E-state index contributed by atoms with van der Waals surface area (Å²) in [6.45, 7) is 9.41. The van der Waals surface area contributed by atoms with E-state index in [0.29, 0.717) is 0 Å². The van der Waals surface area contributed by atoms with Crippen molar-refractivity contribution in [1.29, 1.82) is 0 Å². The number of rotatable bonds is 5. The van der Waals surface area contributed by atoms with Crippen LogP contribution in [0.2, 0.25) is 0 Å².